The van der Waals surface area contributed by atoms with E-state index in [1.807, 2.05) is 0 Å². The molecule has 0 fully saturated rings. The van der Waals surface area contributed by atoms with Crippen LogP contribution in [0.3, 0.4) is 0 Å². The van der Waals surface area contributed by atoms with Crippen LogP contribution in [0.2, 0.25) is 0 Å². The highest BCUT2D eigenvalue weighted by molar-refractivity contribution is 5.95. The van der Waals surface area contributed by atoms with E-state index in [1.165, 1.54) is 7.11 Å². The first kappa shape index (κ1) is 14.9. The molecule has 6 nitrogen and oxygen atoms in total. The van der Waals surface area contributed by atoms with Crippen molar-refractivity contribution in [3.05, 3.63) is 42.4 Å². The number of carbonyl (C=O) groups excluding carboxylic acids is 1. The Kier molecular flexibility index (Phi) is 4.84. The third-order valence-corrected chi connectivity index (χ3v) is 2.91. The molecular formula is C15H18N2O4. The largest absolute Gasteiger partial charge is 0.495 e. The summed E-state index contributed by atoms with van der Waals surface area (Å²) >= 11 is 0. The second-order valence-corrected chi connectivity index (χ2v) is 4.48. The van der Waals surface area contributed by atoms with Crippen LogP contribution in [-0.4, -0.2) is 19.1 Å². The highest BCUT2D eigenvalue weighted by Gasteiger charge is 2.16. The van der Waals surface area contributed by atoms with Crippen LogP contribution < -0.4 is 15.8 Å². The van der Waals surface area contributed by atoms with Crippen molar-refractivity contribution in [2.24, 2.45) is 0 Å². The monoisotopic (exact) mass is 290 g/mol. The number of nitrogens with one attached hydrogen (secondary N) is 1. The number of carbonyl (C=O) groups is 1. The second kappa shape index (κ2) is 6.81. The molecule has 2 aromatic rings. The van der Waals surface area contributed by atoms with Crippen molar-refractivity contribution in [2.45, 2.75) is 19.6 Å². The molecule has 1 atom stereocenters. The van der Waals surface area contributed by atoms with Gasteiger partial charge in [-0.05, 0) is 37.3 Å². The summed E-state index contributed by atoms with van der Waals surface area (Å²) in [5.41, 5.74) is 6.75. The van der Waals surface area contributed by atoms with E-state index in [9.17, 15) is 4.79 Å². The molecule has 2 rings (SSSR count). The van der Waals surface area contributed by atoms with Crippen LogP contribution in [-0.2, 0) is 16.1 Å². The number of hydrogen-bond donors (Lipinski definition) is 2. The number of furan rings is 1. The maximum absolute atomic E-state index is 12.1. The molecule has 1 unspecified atom stereocenters. The van der Waals surface area contributed by atoms with Crippen molar-refractivity contribution in [2.75, 3.05) is 18.2 Å². The summed E-state index contributed by atoms with van der Waals surface area (Å²) in [5, 5.41) is 2.73. The molecule has 0 spiro atoms. The zero-order chi connectivity index (χ0) is 15.2. The third kappa shape index (κ3) is 4.00. The Hall–Kier alpha value is -2.47. The minimum Gasteiger partial charge on any atom is -0.495 e. The SMILES string of the molecule is COc1ccc(N)cc1NC(=O)C(C)OCc1ccco1. The van der Waals surface area contributed by atoms with E-state index in [1.54, 1.807) is 43.5 Å². The van der Waals surface area contributed by atoms with Crippen LogP contribution >= 0.6 is 0 Å². The fourth-order valence-electron chi connectivity index (χ4n) is 1.74. The van der Waals surface area contributed by atoms with E-state index in [-0.39, 0.29) is 12.5 Å². The molecule has 1 amide bonds. The maximum atomic E-state index is 12.1. The van der Waals surface area contributed by atoms with Gasteiger partial charge in [0, 0.05) is 5.69 Å². The molecule has 0 saturated heterocycles. The van der Waals surface area contributed by atoms with E-state index in [0.29, 0.717) is 22.9 Å². The molecule has 0 saturated carbocycles. The minimum absolute atomic E-state index is 0.232. The molecular weight excluding hydrogens is 272 g/mol. The predicted molar refractivity (Wildman–Crippen MR) is 79.0 cm³/mol. The Morgan fingerprint density at radius 2 is 2.24 bits per heavy atom. The Morgan fingerprint density at radius 1 is 1.43 bits per heavy atom. The highest BCUT2D eigenvalue weighted by atomic mass is 16.5. The second-order valence-electron chi connectivity index (χ2n) is 4.48. The third-order valence-electron chi connectivity index (χ3n) is 2.91. The quantitative estimate of drug-likeness (QED) is 0.798. The van der Waals surface area contributed by atoms with Crippen LogP contribution in [0.5, 0.6) is 5.75 Å². The number of ether oxygens (including phenoxy) is 2. The van der Waals surface area contributed by atoms with E-state index < -0.39 is 6.10 Å². The van der Waals surface area contributed by atoms with Gasteiger partial charge in [-0.25, -0.2) is 0 Å². The van der Waals surface area contributed by atoms with Gasteiger partial charge in [0.1, 0.15) is 24.2 Å². The number of rotatable bonds is 6. The number of methoxy groups -OCH3 is 1. The van der Waals surface area contributed by atoms with Crippen molar-refractivity contribution in [3.8, 4) is 5.75 Å². The Morgan fingerprint density at radius 3 is 2.90 bits per heavy atom. The lowest BCUT2D eigenvalue weighted by Crippen LogP contribution is -2.27. The van der Waals surface area contributed by atoms with E-state index in [4.69, 9.17) is 19.6 Å². The van der Waals surface area contributed by atoms with E-state index >= 15 is 0 Å². The summed E-state index contributed by atoms with van der Waals surface area (Å²) in [5.74, 6) is 0.914. The molecule has 112 valence electrons. The summed E-state index contributed by atoms with van der Waals surface area (Å²) in [6.45, 7) is 1.90. The molecule has 3 N–H and O–H groups in total. The Bertz CT molecular complexity index is 596. The van der Waals surface area contributed by atoms with Crippen LogP contribution in [0.15, 0.2) is 41.0 Å². The smallest absolute Gasteiger partial charge is 0.253 e. The summed E-state index contributed by atoms with van der Waals surface area (Å²) in [6, 6.07) is 8.58. The summed E-state index contributed by atoms with van der Waals surface area (Å²) in [7, 11) is 1.53. The van der Waals surface area contributed by atoms with Crippen molar-refractivity contribution >= 4 is 17.3 Å². The lowest BCUT2D eigenvalue weighted by molar-refractivity contribution is -0.127. The fraction of sp³-hybridized carbons (Fsp3) is 0.267. The van der Waals surface area contributed by atoms with E-state index in [0.717, 1.165) is 0 Å². The first-order chi connectivity index (χ1) is 10.1. The Balaban J connectivity index is 1.95. The predicted octanol–water partition coefficient (Wildman–Crippen LogP) is 2.41. The van der Waals surface area contributed by atoms with Crippen molar-refractivity contribution in [1.82, 2.24) is 0 Å². The van der Waals surface area contributed by atoms with Gasteiger partial charge in [-0.2, -0.15) is 0 Å². The highest BCUT2D eigenvalue weighted by Crippen LogP contribution is 2.26. The molecule has 0 aliphatic carbocycles. The number of nitrogens with two attached hydrogens (primary N) is 1. The molecule has 1 heterocycles. The van der Waals surface area contributed by atoms with Gasteiger partial charge in [-0.15, -0.1) is 0 Å². The molecule has 0 aliphatic rings. The van der Waals surface area contributed by atoms with Crippen molar-refractivity contribution in [1.29, 1.82) is 0 Å². The van der Waals surface area contributed by atoms with E-state index in [2.05, 4.69) is 5.32 Å². The van der Waals surface area contributed by atoms with Crippen LogP contribution in [0, 0.1) is 0 Å². The molecule has 1 aromatic heterocycles. The minimum atomic E-state index is -0.638. The summed E-state index contributed by atoms with van der Waals surface area (Å²) in [6.07, 6.45) is 0.919. The molecule has 6 heteroatoms. The molecule has 0 aliphatic heterocycles. The molecule has 21 heavy (non-hydrogen) atoms. The average molecular weight is 290 g/mol. The summed E-state index contributed by atoms with van der Waals surface area (Å²) < 4.78 is 15.8. The topological polar surface area (TPSA) is 86.7 Å². The normalized spacial score (nSPS) is 11.9. The van der Waals surface area contributed by atoms with Gasteiger partial charge in [0.05, 0.1) is 19.1 Å². The van der Waals surface area contributed by atoms with Crippen molar-refractivity contribution < 1.29 is 18.7 Å². The van der Waals surface area contributed by atoms with Crippen molar-refractivity contribution in [3.63, 3.8) is 0 Å². The maximum Gasteiger partial charge on any atom is 0.253 e. The van der Waals surface area contributed by atoms with Crippen LogP contribution in [0.4, 0.5) is 11.4 Å². The fourth-order valence-corrected chi connectivity index (χ4v) is 1.74. The standard InChI is InChI=1S/C15H18N2O4/c1-10(21-9-12-4-3-7-20-12)15(18)17-13-8-11(16)5-6-14(13)19-2/h3-8,10H,9,16H2,1-2H3,(H,17,18). The van der Waals surface area contributed by atoms with Gasteiger partial charge in [0.15, 0.2) is 0 Å². The average Bonchev–Trinajstić information content (AvgIpc) is 2.98. The molecule has 0 bridgehead atoms. The van der Waals surface area contributed by atoms with Gasteiger partial charge in [0.25, 0.3) is 5.91 Å². The number of amides is 1. The van der Waals surface area contributed by atoms with Crippen LogP contribution in [0.25, 0.3) is 0 Å². The summed E-state index contributed by atoms with van der Waals surface area (Å²) in [4.78, 5) is 12.1. The molecule has 1 aromatic carbocycles. The zero-order valence-corrected chi connectivity index (χ0v) is 12.0. The number of hydrogen-bond acceptors (Lipinski definition) is 5. The number of nitrogen functional groups attached to an aromatic ring is 1. The Labute approximate surface area is 122 Å². The number of anilines is 2. The lowest BCUT2D eigenvalue weighted by Gasteiger charge is -2.15. The molecule has 0 radical (unpaired) electrons. The first-order valence-corrected chi connectivity index (χ1v) is 6.48. The van der Waals surface area contributed by atoms with Gasteiger partial charge in [0.2, 0.25) is 0 Å². The first-order valence-electron chi connectivity index (χ1n) is 6.48. The van der Waals surface area contributed by atoms with Gasteiger partial charge in [-0.1, -0.05) is 0 Å². The van der Waals surface area contributed by atoms with Gasteiger partial charge >= 0.3 is 0 Å². The zero-order valence-electron chi connectivity index (χ0n) is 12.0. The number of benzene rings is 1. The van der Waals surface area contributed by atoms with Crippen LogP contribution in [0.1, 0.15) is 12.7 Å². The van der Waals surface area contributed by atoms with Gasteiger partial charge in [-0.3, -0.25) is 4.79 Å². The lowest BCUT2D eigenvalue weighted by atomic mass is 10.2. The van der Waals surface area contributed by atoms with Gasteiger partial charge < -0.3 is 24.9 Å².